The fourth-order valence-corrected chi connectivity index (χ4v) is 3.00. The standard InChI is InChI=1S/C13H21N3O2/c1-17-9-11-6-15-4-3-14-13(15)8-16(7-11)12-2-5-18-10-12/h3-4,11-12H,2,5-10H2,1H3/t11-,12+/m1/s1. The van der Waals surface area contributed by atoms with E-state index in [0.29, 0.717) is 12.0 Å². The van der Waals surface area contributed by atoms with Crippen molar-refractivity contribution in [2.24, 2.45) is 5.92 Å². The van der Waals surface area contributed by atoms with Gasteiger partial charge in [0.25, 0.3) is 0 Å². The molecular formula is C13H21N3O2. The van der Waals surface area contributed by atoms with Crippen molar-refractivity contribution in [2.75, 3.05) is 33.5 Å². The highest BCUT2D eigenvalue weighted by molar-refractivity contribution is 4.97. The minimum atomic E-state index is 0.533. The molecule has 2 atom stereocenters. The van der Waals surface area contributed by atoms with E-state index in [0.717, 1.165) is 45.9 Å². The summed E-state index contributed by atoms with van der Waals surface area (Å²) >= 11 is 0. The van der Waals surface area contributed by atoms with Gasteiger partial charge in [0.2, 0.25) is 0 Å². The zero-order valence-electron chi connectivity index (χ0n) is 10.9. The first-order chi connectivity index (χ1) is 8.86. The molecule has 3 heterocycles. The summed E-state index contributed by atoms with van der Waals surface area (Å²) < 4.78 is 13.1. The van der Waals surface area contributed by atoms with Gasteiger partial charge >= 0.3 is 0 Å². The van der Waals surface area contributed by atoms with Gasteiger partial charge in [-0.05, 0) is 6.42 Å². The van der Waals surface area contributed by atoms with Crippen molar-refractivity contribution < 1.29 is 9.47 Å². The first kappa shape index (κ1) is 12.1. The van der Waals surface area contributed by atoms with Crippen LogP contribution >= 0.6 is 0 Å². The van der Waals surface area contributed by atoms with Gasteiger partial charge in [-0.3, -0.25) is 4.90 Å². The Kier molecular flexibility index (Phi) is 3.63. The van der Waals surface area contributed by atoms with E-state index in [4.69, 9.17) is 9.47 Å². The molecule has 100 valence electrons. The van der Waals surface area contributed by atoms with E-state index >= 15 is 0 Å². The summed E-state index contributed by atoms with van der Waals surface area (Å²) in [5.74, 6) is 1.70. The maximum atomic E-state index is 5.52. The van der Waals surface area contributed by atoms with Crippen molar-refractivity contribution in [3.63, 3.8) is 0 Å². The predicted octanol–water partition coefficient (Wildman–Crippen LogP) is 0.750. The first-order valence-electron chi connectivity index (χ1n) is 6.67. The largest absolute Gasteiger partial charge is 0.384 e. The minimum Gasteiger partial charge on any atom is -0.384 e. The van der Waals surface area contributed by atoms with E-state index in [1.165, 1.54) is 5.82 Å². The Morgan fingerprint density at radius 2 is 2.44 bits per heavy atom. The van der Waals surface area contributed by atoms with Crippen LogP contribution in [0.5, 0.6) is 0 Å². The van der Waals surface area contributed by atoms with Crippen molar-refractivity contribution in [2.45, 2.75) is 25.6 Å². The van der Waals surface area contributed by atoms with Crippen LogP contribution in [0.3, 0.4) is 0 Å². The van der Waals surface area contributed by atoms with Gasteiger partial charge in [-0.15, -0.1) is 0 Å². The molecule has 0 aliphatic carbocycles. The number of methoxy groups -OCH3 is 1. The monoisotopic (exact) mass is 251 g/mol. The normalized spacial score (nSPS) is 29.2. The molecule has 0 N–H and O–H groups in total. The van der Waals surface area contributed by atoms with Gasteiger partial charge in [0.15, 0.2) is 0 Å². The second kappa shape index (κ2) is 5.38. The molecule has 0 aromatic carbocycles. The summed E-state index contributed by atoms with van der Waals surface area (Å²) in [7, 11) is 1.78. The van der Waals surface area contributed by atoms with E-state index in [1.807, 2.05) is 6.20 Å². The molecule has 0 amide bonds. The maximum absolute atomic E-state index is 5.52. The summed E-state index contributed by atoms with van der Waals surface area (Å²) in [6.45, 7) is 5.58. The van der Waals surface area contributed by atoms with Gasteiger partial charge < -0.3 is 14.0 Å². The predicted molar refractivity (Wildman–Crippen MR) is 67.2 cm³/mol. The van der Waals surface area contributed by atoms with E-state index < -0.39 is 0 Å². The zero-order valence-corrected chi connectivity index (χ0v) is 10.9. The second-order valence-electron chi connectivity index (χ2n) is 5.26. The molecule has 1 aromatic heterocycles. The number of aromatic nitrogens is 2. The zero-order chi connectivity index (χ0) is 12.4. The molecule has 1 fully saturated rings. The average molecular weight is 251 g/mol. The van der Waals surface area contributed by atoms with Crippen molar-refractivity contribution >= 4 is 0 Å². The average Bonchev–Trinajstić information content (AvgIpc) is 2.99. The summed E-state index contributed by atoms with van der Waals surface area (Å²) in [6.07, 6.45) is 5.11. The third-order valence-electron chi connectivity index (χ3n) is 3.92. The van der Waals surface area contributed by atoms with Crippen LogP contribution in [0.1, 0.15) is 12.2 Å². The lowest BCUT2D eigenvalue weighted by Crippen LogP contribution is -2.38. The van der Waals surface area contributed by atoms with Gasteiger partial charge in [-0.25, -0.2) is 4.98 Å². The number of hydrogen-bond acceptors (Lipinski definition) is 4. The van der Waals surface area contributed by atoms with Crippen LogP contribution in [0.15, 0.2) is 12.4 Å². The number of ether oxygens (including phenoxy) is 2. The van der Waals surface area contributed by atoms with E-state index in [-0.39, 0.29) is 0 Å². The Labute approximate surface area is 108 Å². The highest BCUT2D eigenvalue weighted by Gasteiger charge is 2.29. The topological polar surface area (TPSA) is 39.5 Å². The van der Waals surface area contributed by atoms with Crippen LogP contribution < -0.4 is 0 Å². The maximum Gasteiger partial charge on any atom is 0.122 e. The lowest BCUT2D eigenvalue weighted by atomic mass is 10.1. The van der Waals surface area contributed by atoms with E-state index in [1.54, 1.807) is 7.11 Å². The molecule has 18 heavy (non-hydrogen) atoms. The fraction of sp³-hybridized carbons (Fsp3) is 0.769. The van der Waals surface area contributed by atoms with Gasteiger partial charge in [-0.2, -0.15) is 0 Å². The Hall–Kier alpha value is -0.910. The fourth-order valence-electron chi connectivity index (χ4n) is 3.00. The molecule has 0 radical (unpaired) electrons. The molecule has 0 bridgehead atoms. The smallest absolute Gasteiger partial charge is 0.122 e. The molecule has 2 aliphatic heterocycles. The molecule has 1 aromatic rings. The molecule has 5 nitrogen and oxygen atoms in total. The number of nitrogens with zero attached hydrogens (tertiary/aromatic N) is 3. The van der Waals surface area contributed by atoms with Crippen molar-refractivity contribution in [3.8, 4) is 0 Å². The number of rotatable bonds is 3. The summed E-state index contributed by atoms with van der Waals surface area (Å²) in [5, 5.41) is 0. The van der Waals surface area contributed by atoms with Gasteiger partial charge in [0.05, 0.1) is 19.8 Å². The SMILES string of the molecule is COC[C@H]1CN([C@H]2CCOC2)Cc2nccn2C1. The van der Waals surface area contributed by atoms with Gasteiger partial charge in [0.1, 0.15) is 5.82 Å². The molecule has 0 unspecified atom stereocenters. The summed E-state index contributed by atoms with van der Waals surface area (Å²) in [6, 6.07) is 0.549. The van der Waals surface area contributed by atoms with Crippen LogP contribution in [0.2, 0.25) is 0 Å². The van der Waals surface area contributed by atoms with Crippen LogP contribution in [0.25, 0.3) is 0 Å². The highest BCUT2D eigenvalue weighted by Crippen LogP contribution is 2.21. The Morgan fingerprint density at radius 1 is 1.50 bits per heavy atom. The van der Waals surface area contributed by atoms with Crippen LogP contribution in [-0.4, -0.2) is 54.0 Å². The van der Waals surface area contributed by atoms with Crippen molar-refractivity contribution in [1.82, 2.24) is 14.5 Å². The second-order valence-corrected chi connectivity index (χ2v) is 5.26. The molecular weight excluding hydrogens is 230 g/mol. The van der Waals surface area contributed by atoms with Crippen molar-refractivity contribution in [1.29, 1.82) is 0 Å². The van der Waals surface area contributed by atoms with Crippen molar-refractivity contribution in [3.05, 3.63) is 18.2 Å². The van der Waals surface area contributed by atoms with Crippen LogP contribution in [0, 0.1) is 5.92 Å². The number of fused-ring (bicyclic) bond motifs is 1. The lowest BCUT2D eigenvalue weighted by molar-refractivity contribution is 0.0902. The Bertz CT molecular complexity index is 387. The Morgan fingerprint density at radius 3 is 3.22 bits per heavy atom. The lowest BCUT2D eigenvalue weighted by Gasteiger charge is -2.28. The van der Waals surface area contributed by atoms with Crippen LogP contribution in [-0.2, 0) is 22.6 Å². The highest BCUT2D eigenvalue weighted by atomic mass is 16.5. The molecule has 1 saturated heterocycles. The third-order valence-corrected chi connectivity index (χ3v) is 3.92. The number of hydrogen-bond donors (Lipinski definition) is 0. The molecule has 0 spiro atoms. The van der Waals surface area contributed by atoms with Crippen LogP contribution in [0.4, 0.5) is 0 Å². The van der Waals surface area contributed by atoms with Gasteiger partial charge in [0, 0.05) is 51.2 Å². The summed E-state index contributed by atoms with van der Waals surface area (Å²) in [4.78, 5) is 6.99. The summed E-state index contributed by atoms with van der Waals surface area (Å²) in [5.41, 5.74) is 0. The first-order valence-corrected chi connectivity index (χ1v) is 6.67. The van der Waals surface area contributed by atoms with E-state index in [9.17, 15) is 0 Å². The molecule has 3 rings (SSSR count). The van der Waals surface area contributed by atoms with Gasteiger partial charge in [-0.1, -0.05) is 0 Å². The molecule has 5 heteroatoms. The third kappa shape index (κ3) is 2.43. The quantitative estimate of drug-likeness (QED) is 0.795. The molecule has 2 aliphatic rings. The Balaban J connectivity index is 1.78. The minimum absolute atomic E-state index is 0.533. The number of imidazole rings is 1. The molecule has 0 saturated carbocycles. The van der Waals surface area contributed by atoms with E-state index in [2.05, 4.69) is 20.6 Å².